The topological polar surface area (TPSA) is 113 Å². The monoisotopic (exact) mass is 421 g/mol. The molecule has 0 unspecified atom stereocenters. The minimum absolute atomic E-state index is 0.143. The minimum Gasteiger partial charge on any atom is -0.480 e. The van der Waals surface area contributed by atoms with Gasteiger partial charge in [0, 0.05) is 6.42 Å². The molecule has 3 heterocycles. The molecule has 3 aliphatic rings. The molecule has 0 aromatic heterocycles. The third kappa shape index (κ3) is 4.21. The fourth-order valence-corrected chi connectivity index (χ4v) is 4.13. The number of ether oxygens (including phenoxy) is 5. The summed E-state index contributed by atoms with van der Waals surface area (Å²) in [6, 6.07) is 7.97. The van der Waals surface area contributed by atoms with Crippen molar-refractivity contribution in [3.8, 4) is 0 Å². The maximum atomic E-state index is 13.1. The number of nitrogens with one attached hydrogen (secondary N) is 1. The fourth-order valence-electron chi connectivity index (χ4n) is 4.13. The number of carboxylic acid groups (broad SMARTS) is 1. The molecule has 3 aliphatic heterocycles. The molecule has 0 saturated carbocycles. The van der Waals surface area contributed by atoms with E-state index >= 15 is 0 Å². The molecule has 6 atom stereocenters. The lowest BCUT2D eigenvalue weighted by Crippen LogP contribution is -2.61. The molecule has 0 aliphatic carbocycles. The first kappa shape index (κ1) is 21.2. The number of amides is 1. The van der Waals surface area contributed by atoms with Gasteiger partial charge < -0.3 is 34.1 Å². The van der Waals surface area contributed by atoms with Crippen molar-refractivity contribution in [1.82, 2.24) is 5.32 Å². The molecular formula is C21H27NO8. The second-order valence-electron chi connectivity index (χ2n) is 8.68. The van der Waals surface area contributed by atoms with E-state index in [0.29, 0.717) is 0 Å². The lowest BCUT2D eigenvalue weighted by molar-refractivity contribution is -0.231. The van der Waals surface area contributed by atoms with E-state index in [4.69, 9.17) is 23.7 Å². The van der Waals surface area contributed by atoms with Crippen molar-refractivity contribution in [3.63, 3.8) is 0 Å². The van der Waals surface area contributed by atoms with Crippen LogP contribution >= 0.6 is 0 Å². The number of carbonyl (C=O) groups is 2. The summed E-state index contributed by atoms with van der Waals surface area (Å²) in [4.78, 5) is 24.8. The van der Waals surface area contributed by atoms with Crippen LogP contribution in [-0.2, 0) is 39.7 Å². The zero-order valence-electron chi connectivity index (χ0n) is 17.4. The van der Waals surface area contributed by atoms with Crippen LogP contribution < -0.4 is 5.32 Å². The molecule has 9 heteroatoms. The molecular weight excluding hydrogens is 394 g/mol. The molecule has 4 rings (SSSR count). The predicted molar refractivity (Wildman–Crippen MR) is 102 cm³/mol. The van der Waals surface area contributed by atoms with Crippen LogP contribution in [-0.4, -0.2) is 65.3 Å². The second kappa shape index (κ2) is 7.58. The van der Waals surface area contributed by atoms with Crippen LogP contribution in [0.15, 0.2) is 30.3 Å². The average molecular weight is 421 g/mol. The molecule has 3 saturated heterocycles. The van der Waals surface area contributed by atoms with Crippen molar-refractivity contribution in [2.45, 2.75) is 82.4 Å². The van der Waals surface area contributed by atoms with Crippen LogP contribution in [0.1, 0.15) is 33.3 Å². The van der Waals surface area contributed by atoms with Crippen LogP contribution in [0.2, 0.25) is 0 Å². The van der Waals surface area contributed by atoms with Gasteiger partial charge >= 0.3 is 5.97 Å². The van der Waals surface area contributed by atoms with E-state index < -0.39 is 60.2 Å². The molecule has 3 fully saturated rings. The van der Waals surface area contributed by atoms with E-state index in [9.17, 15) is 14.7 Å². The first-order valence-corrected chi connectivity index (χ1v) is 9.98. The molecule has 0 spiro atoms. The van der Waals surface area contributed by atoms with E-state index in [1.165, 1.54) is 0 Å². The Balaban J connectivity index is 1.52. The van der Waals surface area contributed by atoms with E-state index in [-0.39, 0.29) is 6.42 Å². The zero-order valence-corrected chi connectivity index (χ0v) is 17.4. The van der Waals surface area contributed by atoms with E-state index in [2.05, 4.69) is 5.32 Å². The Hall–Kier alpha value is -2.04. The lowest BCUT2D eigenvalue weighted by atomic mass is 9.97. The molecule has 2 N–H and O–H groups in total. The third-order valence-corrected chi connectivity index (χ3v) is 5.31. The highest BCUT2D eigenvalue weighted by atomic mass is 16.9. The van der Waals surface area contributed by atoms with Gasteiger partial charge in [-0.3, -0.25) is 4.79 Å². The van der Waals surface area contributed by atoms with E-state index in [0.717, 1.165) is 5.56 Å². The predicted octanol–water partition coefficient (Wildman–Crippen LogP) is 1.19. The van der Waals surface area contributed by atoms with Crippen LogP contribution in [0.4, 0.5) is 0 Å². The Labute approximate surface area is 174 Å². The fraction of sp³-hybridized carbons (Fsp3) is 0.619. The van der Waals surface area contributed by atoms with Crippen molar-refractivity contribution >= 4 is 11.9 Å². The second-order valence-corrected chi connectivity index (χ2v) is 8.68. The largest absolute Gasteiger partial charge is 0.480 e. The molecule has 0 radical (unpaired) electrons. The summed E-state index contributed by atoms with van der Waals surface area (Å²) in [5.74, 6) is -3.58. The smallest absolute Gasteiger partial charge is 0.326 e. The van der Waals surface area contributed by atoms with Gasteiger partial charge in [0.1, 0.15) is 24.4 Å². The van der Waals surface area contributed by atoms with Gasteiger partial charge in [-0.1, -0.05) is 30.3 Å². The summed E-state index contributed by atoms with van der Waals surface area (Å²) in [7, 11) is 0. The Kier molecular flexibility index (Phi) is 5.36. The molecule has 1 aromatic rings. The number of aliphatic carboxylic acids is 1. The number of benzene rings is 1. The number of hydrogen-bond acceptors (Lipinski definition) is 7. The first-order valence-electron chi connectivity index (χ1n) is 9.98. The van der Waals surface area contributed by atoms with Crippen LogP contribution in [0.25, 0.3) is 0 Å². The highest BCUT2D eigenvalue weighted by Crippen LogP contribution is 2.44. The molecule has 1 amide bonds. The maximum Gasteiger partial charge on any atom is 0.326 e. The highest BCUT2D eigenvalue weighted by Gasteiger charge is 2.62. The molecule has 9 nitrogen and oxygen atoms in total. The standard InChI is InChI=1S/C21H27NO8/c1-20(2)27-13-14(28-20)16-19(30-21(3,4)29-16)26-15(13)17(23)22-12(18(24)25)10-11-8-6-5-7-9-11/h5-9,12-16,19H,10H2,1-4H3,(H,22,23)(H,24,25)/t12-,13+,14-,15-,16+,19+/m0/s1. The third-order valence-electron chi connectivity index (χ3n) is 5.31. The van der Waals surface area contributed by atoms with Gasteiger partial charge in [-0.05, 0) is 33.3 Å². The average Bonchev–Trinajstić information content (AvgIpc) is 3.15. The van der Waals surface area contributed by atoms with Crippen molar-refractivity contribution < 1.29 is 38.4 Å². The van der Waals surface area contributed by atoms with Gasteiger partial charge in [0.15, 0.2) is 24.0 Å². The summed E-state index contributed by atoms with van der Waals surface area (Å²) >= 11 is 0. The van der Waals surface area contributed by atoms with E-state index in [1.807, 2.05) is 30.3 Å². The Bertz CT molecular complexity index is 810. The van der Waals surface area contributed by atoms with Gasteiger partial charge in [-0.25, -0.2) is 4.79 Å². The van der Waals surface area contributed by atoms with Gasteiger partial charge in [0.25, 0.3) is 5.91 Å². The van der Waals surface area contributed by atoms with Gasteiger partial charge in [-0.2, -0.15) is 0 Å². The maximum absolute atomic E-state index is 13.1. The van der Waals surface area contributed by atoms with Crippen LogP contribution in [0, 0.1) is 0 Å². The first-order chi connectivity index (χ1) is 14.0. The van der Waals surface area contributed by atoms with Crippen molar-refractivity contribution in [2.24, 2.45) is 0 Å². The molecule has 164 valence electrons. The summed E-state index contributed by atoms with van der Waals surface area (Å²) in [6.07, 6.45) is -3.70. The van der Waals surface area contributed by atoms with Crippen LogP contribution in [0.3, 0.4) is 0 Å². The number of carboxylic acids is 1. The highest BCUT2D eigenvalue weighted by molar-refractivity contribution is 5.87. The van der Waals surface area contributed by atoms with Crippen molar-refractivity contribution in [3.05, 3.63) is 35.9 Å². The quantitative estimate of drug-likeness (QED) is 0.729. The Morgan fingerprint density at radius 2 is 1.57 bits per heavy atom. The Morgan fingerprint density at radius 3 is 2.23 bits per heavy atom. The molecule has 30 heavy (non-hydrogen) atoms. The van der Waals surface area contributed by atoms with Crippen LogP contribution in [0.5, 0.6) is 0 Å². The number of hydrogen-bond donors (Lipinski definition) is 2. The number of rotatable bonds is 5. The van der Waals surface area contributed by atoms with Crippen molar-refractivity contribution in [1.29, 1.82) is 0 Å². The normalized spacial score (nSPS) is 34.6. The summed E-state index contributed by atoms with van der Waals surface area (Å²) in [5, 5.41) is 12.2. The van der Waals surface area contributed by atoms with Gasteiger partial charge in [0.05, 0.1) is 0 Å². The summed E-state index contributed by atoms with van der Waals surface area (Å²) < 4.78 is 29.5. The molecule has 0 bridgehead atoms. The van der Waals surface area contributed by atoms with Gasteiger partial charge in [0.2, 0.25) is 0 Å². The number of carbonyl (C=O) groups excluding carboxylic acids is 1. The summed E-state index contributed by atoms with van der Waals surface area (Å²) in [6.45, 7) is 6.98. The van der Waals surface area contributed by atoms with E-state index in [1.54, 1.807) is 27.7 Å². The molecule has 1 aromatic carbocycles. The SMILES string of the molecule is CC1(C)O[C@H]2[C@@H](O1)[C@@H](C(=O)N[C@@H](Cc1ccccc1)C(=O)O)O[C@@H]1OC(C)(C)O[C@@H]12. The number of fused-ring (bicyclic) bond motifs is 3. The minimum atomic E-state index is -1.14. The summed E-state index contributed by atoms with van der Waals surface area (Å²) in [5.41, 5.74) is 0.795. The Morgan fingerprint density at radius 1 is 0.967 bits per heavy atom. The van der Waals surface area contributed by atoms with Crippen molar-refractivity contribution in [2.75, 3.05) is 0 Å². The van der Waals surface area contributed by atoms with Gasteiger partial charge in [-0.15, -0.1) is 0 Å². The zero-order chi connectivity index (χ0) is 21.7. The lowest BCUT2D eigenvalue weighted by Gasteiger charge is -2.36.